The van der Waals surface area contributed by atoms with Gasteiger partial charge >= 0.3 is 0 Å². The number of hydrogen-bond donors (Lipinski definition) is 2. The Kier molecular flexibility index (Phi) is 7.92. The highest BCUT2D eigenvalue weighted by Gasteiger charge is 2.26. The zero-order chi connectivity index (χ0) is 29.1. The van der Waals surface area contributed by atoms with Crippen molar-refractivity contribution in [3.8, 4) is 6.07 Å². The molecule has 10 nitrogen and oxygen atoms in total. The number of anilines is 3. The summed E-state index contributed by atoms with van der Waals surface area (Å²) >= 11 is 0. The first-order valence-corrected chi connectivity index (χ1v) is 13.9. The summed E-state index contributed by atoms with van der Waals surface area (Å²) < 4.78 is 0. The molecule has 2 aliphatic heterocycles. The smallest absolute Gasteiger partial charge is 0.255 e. The number of nitrogens with zero attached hydrogens (tertiary/aromatic N) is 7. The monoisotopic (exact) mass is 551 g/mol. The molecule has 1 aromatic heterocycles. The Morgan fingerprint density at radius 2 is 1.83 bits per heavy atom. The highest BCUT2D eigenvalue weighted by atomic mass is 16.1. The standard InChI is InChI=1S/C31H37N9O/c1-6-38-9-11-39(12-10-38)27-14-23(13-25(15-27)31(3,4)20-32)30(41)35-26-8-7-22(2)28(16-26)40-19-29(37(5)36-40)24-17-33-21-34-18-24/h7-8,13-19,21,36H,6,9-12H2,1-5H3,(H,35,41). The molecular formula is C31H37N9O. The molecule has 212 valence electrons. The third-order valence-corrected chi connectivity index (χ3v) is 7.82. The van der Waals surface area contributed by atoms with Gasteiger partial charge in [-0.25, -0.2) is 9.97 Å². The lowest BCUT2D eigenvalue weighted by Gasteiger charge is -2.36. The minimum absolute atomic E-state index is 0.215. The predicted octanol–water partition coefficient (Wildman–Crippen LogP) is 4.15. The number of nitriles is 1. The number of benzene rings is 2. The largest absolute Gasteiger partial charge is 0.369 e. The van der Waals surface area contributed by atoms with E-state index in [9.17, 15) is 10.1 Å². The van der Waals surface area contributed by atoms with Crippen LogP contribution in [0.1, 0.15) is 47.8 Å². The topological polar surface area (TPSA) is 104 Å². The molecule has 0 saturated carbocycles. The lowest BCUT2D eigenvalue weighted by molar-refractivity contribution is 0.102. The maximum atomic E-state index is 13.6. The number of hydrazine groups is 2. The molecule has 1 saturated heterocycles. The van der Waals surface area contributed by atoms with Crippen LogP contribution < -0.4 is 20.8 Å². The van der Waals surface area contributed by atoms with E-state index < -0.39 is 5.41 Å². The molecule has 10 heteroatoms. The van der Waals surface area contributed by atoms with E-state index in [1.807, 2.05) is 74.4 Å². The van der Waals surface area contributed by atoms with E-state index in [1.54, 1.807) is 12.4 Å². The fourth-order valence-corrected chi connectivity index (χ4v) is 5.10. The number of rotatable bonds is 7. The quantitative estimate of drug-likeness (QED) is 0.448. The van der Waals surface area contributed by atoms with Crippen molar-refractivity contribution in [2.45, 2.75) is 33.1 Å². The first-order valence-electron chi connectivity index (χ1n) is 13.9. The minimum Gasteiger partial charge on any atom is -0.369 e. The number of nitrogens with one attached hydrogen (secondary N) is 2. The van der Waals surface area contributed by atoms with Gasteiger partial charge in [0.05, 0.1) is 22.9 Å². The van der Waals surface area contributed by atoms with Crippen LogP contribution in [0.15, 0.2) is 61.3 Å². The Labute approximate surface area is 241 Å². The SMILES string of the molecule is CCN1CCN(c2cc(C(=O)Nc3ccc(C)c(N4C=C(c5cncnc5)N(C)N4)c3)cc(C(C)(C)C#N)c2)CC1. The summed E-state index contributed by atoms with van der Waals surface area (Å²) in [5.41, 5.74) is 9.35. The summed E-state index contributed by atoms with van der Waals surface area (Å²) in [6, 6.07) is 14.1. The average molecular weight is 552 g/mol. The van der Waals surface area contributed by atoms with Crippen LogP contribution in [-0.2, 0) is 5.41 Å². The highest BCUT2D eigenvalue weighted by Crippen LogP contribution is 2.32. The van der Waals surface area contributed by atoms with Crippen molar-refractivity contribution < 1.29 is 4.79 Å². The molecule has 0 atom stereocenters. The zero-order valence-electron chi connectivity index (χ0n) is 24.3. The predicted molar refractivity (Wildman–Crippen MR) is 162 cm³/mol. The van der Waals surface area contributed by atoms with E-state index in [0.717, 1.165) is 66.5 Å². The molecule has 5 rings (SSSR count). The molecule has 41 heavy (non-hydrogen) atoms. The maximum absolute atomic E-state index is 13.6. The number of carbonyl (C=O) groups excluding carboxylic acids is 1. The van der Waals surface area contributed by atoms with Crippen LogP contribution in [0.2, 0.25) is 0 Å². The number of aryl methyl sites for hydroxylation is 1. The molecule has 0 aliphatic carbocycles. The van der Waals surface area contributed by atoms with Crippen LogP contribution in [0.3, 0.4) is 0 Å². The van der Waals surface area contributed by atoms with E-state index in [4.69, 9.17) is 0 Å². The molecule has 2 aliphatic rings. The second-order valence-electron chi connectivity index (χ2n) is 11.1. The van der Waals surface area contributed by atoms with Crippen molar-refractivity contribution in [1.29, 1.82) is 5.26 Å². The van der Waals surface area contributed by atoms with E-state index >= 15 is 0 Å². The molecule has 1 fully saturated rings. The molecule has 3 heterocycles. The van der Waals surface area contributed by atoms with Gasteiger partial charge in [0.15, 0.2) is 0 Å². The first kappa shape index (κ1) is 28.1. The van der Waals surface area contributed by atoms with Gasteiger partial charge < -0.3 is 15.1 Å². The van der Waals surface area contributed by atoms with Crippen LogP contribution >= 0.6 is 0 Å². The molecular weight excluding hydrogens is 514 g/mol. The number of carbonyl (C=O) groups is 1. The van der Waals surface area contributed by atoms with Crippen molar-refractivity contribution in [2.75, 3.05) is 55.0 Å². The second kappa shape index (κ2) is 11.6. The van der Waals surface area contributed by atoms with Gasteiger partial charge in [-0.2, -0.15) is 5.26 Å². The summed E-state index contributed by atoms with van der Waals surface area (Å²) in [6.45, 7) is 12.7. The van der Waals surface area contributed by atoms with Gasteiger partial charge in [0.2, 0.25) is 0 Å². The van der Waals surface area contributed by atoms with Gasteiger partial charge in [0, 0.05) is 74.3 Å². The van der Waals surface area contributed by atoms with Crippen molar-refractivity contribution in [2.24, 2.45) is 0 Å². The molecule has 2 aromatic carbocycles. The Morgan fingerprint density at radius 3 is 2.51 bits per heavy atom. The van der Waals surface area contributed by atoms with Crippen LogP contribution in [0.5, 0.6) is 0 Å². The van der Waals surface area contributed by atoms with Crippen LogP contribution in [0.25, 0.3) is 5.70 Å². The van der Waals surface area contributed by atoms with Crippen molar-refractivity contribution in [3.63, 3.8) is 0 Å². The Morgan fingerprint density at radius 1 is 1.10 bits per heavy atom. The third-order valence-electron chi connectivity index (χ3n) is 7.82. The molecule has 1 amide bonds. The van der Waals surface area contributed by atoms with Gasteiger partial charge in [-0.1, -0.05) is 13.0 Å². The Bertz CT molecular complexity index is 1490. The Hall–Kier alpha value is -4.46. The summed E-state index contributed by atoms with van der Waals surface area (Å²) in [7, 11) is 1.93. The number of likely N-dealkylation sites (N-methyl/N-ethyl adjacent to an activating group) is 1. The Balaban J connectivity index is 1.41. The molecule has 0 radical (unpaired) electrons. The van der Waals surface area contributed by atoms with Gasteiger partial charge in [0.1, 0.15) is 6.33 Å². The summed E-state index contributed by atoms with van der Waals surface area (Å²) in [5.74, 6) is -0.215. The van der Waals surface area contributed by atoms with Gasteiger partial charge in [-0.15, -0.1) is 5.53 Å². The lowest BCUT2D eigenvalue weighted by Crippen LogP contribution is -2.46. The zero-order valence-corrected chi connectivity index (χ0v) is 24.3. The van der Waals surface area contributed by atoms with Crippen molar-refractivity contribution in [1.82, 2.24) is 25.4 Å². The van der Waals surface area contributed by atoms with Crippen LogP contribution in [0.4, 0.5) is 17.1 Å². The lowest BCUT2D eigenvalue weighted by atomic mass is 9.85. The third kappa shape index (κ3) is 6.01. The summed E-state index contributed by atoms with van der Waals surface area (Å²) in [5, 5.41) is 16.8. The number of hydrogen-bond acceptors (Lipinski definition) is 9. The molecule has 3 aromatic rings. The highest BCUT2D eigenvalue weighted by molar-refractivity contribution is 6.05. The van der Waals surface area contributed by atoms with Gasteiger partial charge in [-0.3, -0.25) is 14.8 Å². The molecule has 0 bridgehead atoms. The van der Waals surface area contributed by atoms with Crippen molar-refractivity contribution in [3.05, 3.63) is 83.6 Å². The molecule has 0 unspecified atom stereocenters. The van der Waals surface area contributed by atoms with E-state index in [0.29, 0.717) is 11.3 Å². The molecule has 0 spiro atoms. The van der Waals surface area contributed by atoms with Gasteiger partial charge in [0.25, 0.3) is 5.91 Å². The summed E-state index contributed by atoms with van der Waals surface area (Å²) in [6.07, 6.45) is 7.02. The number of aromatic nitrogens is 2. The van der Waals surface area contributed by atoms with Crippen molar-refractivity contribution >= 4 is 28.7 Å². The molecule has 2 N–H and O–H groups in total. The normalized spacial score (nSPS) is 16.0. The second-order valence-corrected chi connectivity index (χ2v) is 11.1. The van der Waals surface area contributed by atoms with E-state index in [-0.39, 0.29) is 5.91 Å². The average Bonchev–Trinajstić information content (AvgIpc) is 3.39. The van der Waals surface area contributed by atoms with Crippen LogP contribution in [-0.4, -0.2) is 65.6 Å². The number of piperazine rings is 1. The number of amides is 1. The van der Waals surface area contributed by atoms with Gasteiger partial charge in [-0.05, 0) is 68.8 Å². The fourth-order valence-electron chi connectivity index (χ4n) is 5.10. The van der Waals surface area contributed by atoms with Crippen LogP contribution in [0, 0.1) is 18.3 Å². The first-order chi connectivity index (χ1) is 19.7. The maximum Gasteiger partial charge on any atom is 0.255 e. The minimum atomic E-state index is -0.728. The van der Waals surface area contributed by atoms with E-state index in [1.165, 1.54) is 6.33 Å². The fraction of sp³-hybridized carbons (Fsp3) is 0.355. The summed E-state index contributed by atoms with van der Waals surface area (Å²) in [4.78, 5) is 26.6. The van der Waals surface area contributed by atoms with E-state index in [2.05, 4.69) is 49.7 Å².